The average molecular weight is 344 g/mol. The summed E-state index contributed by atoms with van der Waals surface area (Å²) < 4.78 is 41.3. The van der Waals surface area contributed by atoms with Crippen molar-refractivity contribution in [3.8, 4) is 5.75 Å². The Hall–Kier alpha value is -1.76. The van der Waals surface area contributed by atoms with E-state index in [-0.39, 0.29) is 36.5 Å². The Morgan fingerprint density at radius 2 is 2.12 bits per heavy atom. The van der Waals surface area contributed by atoms with Crippen molar-refractivity contribution >= 4 is 5.91 Å². The monoisotopic (exact) mass is 344 g/mol. The predicted octanol–water partition coefficient (Wildman–Crippen LogP) is 3.10. The molecule has 2 atom stereocenters. The third-order valence-corrected chi connectivity index (χ3v) is 4.36. The van der Waals surface area contributed by atoms with E-state index < -0.39 is 6.36 Å². The Kier molecular flexibility index (Phi) is 6.10. The minimum atomic E-state index is -4.74. The highest BCUT2D eigenvalue weighted by atomic mass is 19.4. The van der Waals surface area contributed by atoms with Gasteiger partial charge in [-0.05, 0) is 43.7 Å². The fourth-order valence-corrected chi connectivity index (χ4v) is 3.00. The molecule has 2 rings (SSSR count). The minimum absolute atomic E-state index is 0.0292. The summed E-state index contributed by atoms with van der Waals surface area (Å²) in [6.07, 6.45) is -2.46. The van der Waals surface area contributed by atoms with Crippen LogP contribution in [0.4, 0.5) is 13.2 Å². The normalized spacial score (nSPS) is 19.9. The largest absolute Gasteiger partial charge is 0.573 e. The number of carbonyl (C=O) groups excluding carboxylic acids is 1. The van der Waals surface area contributed by atoms with Crippen LogP contribution >= 0.6 is 0 Å². The fourth-order valence-electron chi connectivity index (χ4n) is 3.00. The molecule has 1 amide bonds. The lowest BCUT2D eigenvalue weighted by atomic mass is 9.92. The lowest BCUT2D eigenvalue weighted by Gasteiger charge is -2.34. The number of hydrogen-bond donors (Lipinski definition) is 1. The molecule has 1 fully saturated rings. The number of nitrogens with two attached hydrogens (primary N) is 1. The first-order valence-electron chi connectivity index (χ1n) is 8.13. The molecular formula is C17H23F3N2O2. The van der Waals surface area contributed by atoms with Gasteiger partial charge in [-0.2, -0.15) is 0 Å². The molecule has 24 heavy (non-hydrogen) atoms. The molecule has 1 saturated heterocycles. The summed E-state index contributed by atoms with van der Waals surface area (Å²) in [4.78, 5) is 14.1. The molecule has 2 N–H and O–H groups in total. The maximum Gasteiger partial charge on any atom is 0.573 e. The van der Waals surface area contributed by atoms with E-state index in [1.54, 1.807) is 17.0 Å². The summed E-state index contributed by atoms with van der Waals surface area (Å²) in [7, 11) is 0. The van der Waals surface area contributed by atoms with Gasteiger partial charge in [-0.3, -0.25) is 4.79 Å². The molecule has 0 bridgehead atoms. The van der Waals surface area contributed by atoms with Crippen LogP contribution < -0.4 is 10.5 Å². The van der Waals surface area contributed by atoms with Crippen LogP contribution in [0, 0.1) is 5.92 Å². The second kappa shape index (κ2) is 7.88. The highest BCUT2D eigenvalue weighted by molar-refractivity contribution is 5.76. The second-order valence-electron chi connectivity index (χ2n) is 6.26. The number of benzene rings is 1. The predicted molar refractivity (Wildman–Crippen MR) is 84.4 cm³/mol. The van der Waals surface area contributed by atoms with Crippen LogP contribution in [0.1, 0.15) is 31.7 Å². The van der Waals surface area contributed by atoms with Gasteiger partial charge in [-0.1, -0.05) is 18.2 Å². The number of likely N-dealkylation sites (tertiary alicyclic amines) is 1. The topological polar surface area (TPSA) is 55.6 Å². The van der Waals surface area contributed by atoms with Crippen LogP contribution in [-0.4, -0.2) is 36.3 Å². The summed E-state index contributed by atoms with van der Waals surface area (Å²) in [6.45, 7) is 3.24. The van der Waals surface area contributed by atoms with Gasteiger partial charge in [-0.15, -0.1) is 13.2 Å². The van der Waals surface area contributed by atoms with Gasteiger partial charge in [0.25, 0.3) is 0 Å². The van der Waals surface area contributed by atoms with E-state index in [2.05, 4.69) is 4.74 Å². The van der Waals surface area contributed by atoms with Gasteiger partial charge in [0.15, 0.2) is 0 Å². The Balaban J connectivity index is 1.94. The van der Waals surface area contributed by atoms with Gasteiger partial charge in [0.05, 0.1) is 0 Å². The van der Waals surface area contributed by atoms with Crippen molar-refractivity contribution < 1.29 is 22.7 Å². The smallest absolute Gasteiger partial charge is 0.406 e. The molecule has 0 aromatic heterocycles. The number of alkyl halides is 3. The summed E-state index contributed by atoms with van der Waals surface area (Å²) in [6, 6.07) is 5.96. The maximum absolute atomic E-state index is 12.4. The Labute approximate surface area is 139 Å². The number of piperidine rings is 1. The zero-order valence-corrected chi connectivity index (χ0v) is 13.7. The summed E-state index contributed by atoms with van der Waals surface area (Å²) in [5.74, 6) is -0.0180. The summed E-state index contributed by atoms with van der Waals surface area (Å²) in [5.41, 5.74) is 6.29. The molecule has 1 heterocycles. The lowest BCUT2D eigenvalue weighted by Crippen LogP contribution is -2.45. The van der Waals surface area contributed by atoms with Gasteiger partial charge in [0, 0.05) is 25.6 Å². The molecule has 1 aliphatic heterocycles. The molecule has 0 aliphatic carbocycles. The molecule has 134 valence electrons. The first-order chi connectivity index (χ1) is 11.3. The third-order valence-electron chi connectivity index (χ3n) is 4.36. The number of ether oxygens (including phenoxy) is 1. The lowest BCUT2D eigenvalue weighted by molar-refractivity contribution is -0.274. The van der Waals surface area contributed by atoms with Gasteiger partial charge in [-0.25, -0.2) is 0 Å². The van der Waals surface area contributed by atoms with Crippen molar-refractivity contribution in [2.45, 2.75) is 45.0 Å². The van der Waals surface area contributed by atoms with Crippen LogP contribution in [0.2, 0.25) is 0 Å². The zero-order chi connectivity index (χ0) is 17.7. The van der Waals surface area contributed by atoms with Crippen LogP contribution in [0.25, 0.3) is 0 Å². The number of carbonyl (C=O) groups is 1. The number of aryl methyl sites for hydroxylation is 1. The number of rotatable bonds is 5. The number of hydrogen-bond acceptors (Lipinski definition) is 3. The highest BCUT2D eigenvalue weighted by Gasteiger charge is 2.32. The zero-order valence-electron chi connectivity index (χ0n) is 13.7. The molecule has 1 aromatic rings. The van der Waals surface area contributed by atoms with Crippen molar-refractivity contribution in [2.75, 3.05) is 13.1 Å². The molecule has 0 spiro atoms. The standard InChI is InChI=1S/C17H23F3N2O2/c1-12(21)14-6-4-10-22(11-14)16(23)9-8-13-5-2-3-7-15(13)24-17(18,19)20/h2-3,5,7,12,14H,4,6,8-11,21H2,1H3/t12-,14-/m1/s1. The quantitative estimate of drug-likeness (QED) is 0.893. The van der Waals surface area contributed by atoms with Gasteiger partial charge >= 0.3 is 6.36 Å². The number of para-hydroxylation sites is 1. The molecule has 0 radical (unpaired) electrons. The van der Waals surface area contributed by atoms with E-state index in [1.165, 1.54) is 12.1 Å². The van der Waals surface area contributed by atoms with Crippen LogP contribution in [0.3, 0.4) is 0 Å². The molecule has 0 saturated carbocycles. The van der Waals surface area contributed by atoms with Crippen LogP contribution in [0.5, 0.6) is 5.75 Å². The summed E-state index contributed by atoms with van der Waals surface area (Å²) in [5, 5.41) is 0. The molecule has 1 aliphatic rings. The molecular weight excluding hydrogens is 321 g/mol. The van der Waals surface area contributed by atoms with Crippen molar-refractivity contribution in [2.24, 2.45) is 11.7 Å². The van der Waals surface area contributed by atoms with Crippen molar-refractivity contribution in [1.82, 2.24) is 4.90 Å². The van der Waals surface area contributed by atoms with E-state index in [4.69, 9.17) is 5.73 Å². The van der Waals surface area contributed by atoms with E-state index in [0.717, 1.165) is 12.8 Å². The number of amides is 1. The fraction of sp³-hybridized carbons (Fsp3) is 0.588. The highest BCUT2D eigenvalue weighted by Crippen LogP contribution is 2.27. The van der Waals surface area contributed by atoms with Crippen molar-refractivity contribution in [3.63, 3.8) is 0 Å². The van der Waals surface area contributed by atoms with Gasteiger partial charge in [0.1, 0.15) is 5.75 Å². The van der Waals surface area contributed by atoms with Gasteiger partial charge < -0.3 is 15.4 Å². The third kappa shape index (κ3) is 5.40. The van der Waals surface area contributed by atoms with E-state index in [1.807, 2.05) is 6.92 Å². The van der Waals surface area contributed by atoms with Crippen LogP contribution in [0.15, 0.2) is 24.3 Å². The van der Waals surface area contributed by atoms with E-state index >= 15 is 0 Å². The van der Waals surface area contributed by atoms with E-state index in [0.29, 0.717) is 18.7 Å². The molecule has 4 nitrogen and oxygen atoms in total. The molecule has 1 aromatic carbocycles. The van der Waals surface area contributed by atoms with Crippen LogP contribution in [-0.2, 0) is 11.2 Å². The Morgan fingerprint density at radius 1 is 1.42 bits per heavy atom. The first kappa shape index (κ1) is 18.6. The summed E-state index contributed by atoms with van der Waals surface area (Å²) >= 11 is 0. The number of nitrogens with zero attached hydrogens (tertiary/aromatic N) is 1. The first-order valence-corrected chi connectivity index (χ1v) is 8.13. The van der Waals surface area contributed by atoms with Gasteiger partial charge in [0.2, 0.25) is 5.91 Å². The SMILES string of the molecule is C[C@@H](N)[C@@H]1CCCN(C(=O)CCc2ccccc2OC(F)(F)F)C1. The average Bonchev–Trinajstić information content (AvgIpc) is 2.52. The molecule has 7 heteroatoms. The molecule has 0 unspecified atom stereocenters. The minimum Gasteiger partial charge on any atom is -0.406 e. The second-order valence-corrected chi connectivity index (χ2v) is 6.26. The Bertz CT molecular complexity index is 561. The number of halogens is 3. The Morgan fingerprint density at radius 3 is 2.79 bits per heavy atom. The van der Waals surface area contributed by atoms with E-state index in [9.17, 15) is 18.0 Å². The maximum atomic E-state index is 12.4. The van der Waals surface area contributed by atoms with Crippen molar-refractivity contribution in [1.29, 1.82) is 0 Å². The van der Waals surface area contributed by atoms with Crippen molar-refractivity contribution in [3.05, 3.63) is 29.8 Å².